The van der Waals surface area contributed by atoms with Crippen molar-refractivity contribution in [3.8, 4) is 17.9 Å². The average molecular weight is 294 g/mol. The van der Waals surface area contributed by atoms with Crippen LogP contribution in [0.1, 0.15) is 24.0 Å². The van der Waals surface area contributed by atoms with E-state index in [1.54, 1.807) is 6.07 Å². The van der Waals surface area contributed by atoms with Crippen LogP contribution in [0.5, 0.6) is 0 Å². The van der Waals surface area contributed by atoms with E-state index in [2.05, 4.69) is 11.8 Å². The van der Waals surface area contributed by atoms with Gasteiger partial charge in [-0.2, -0.15) is 18.4 Å². The van der Waals surface area contributed by atoms with E-state index in [-0.39, 0.29) is 30.7 Å². The minimum Gasteiger partial charge on any atom is -0.511 e. The molecule has 3 N–H and O–H groups in total. The number of halogens is 3. The van der Waals surface area contributed by atoms with Crippen molar-refractivity contribution in [2.45, 2.75) is 19.0 Å². The fourth-order valence-electron chi connectivity index (χ4n) is 1.47. The highest BCUT2D eigenvalue weighted by Crippen LogP contribution is 2.28. The normalized spacial score (nSPS) is 12.0. The molecule has 0 heterocycles. The minimum absolute atomic E-state index is 0.0470. The van der Waals surface area contributed by atoms with Gasteiger partial charge in [0.25, 0.3) is 0 Å². The summed E-state index contributed by atoms with van der Waals surface area (Å²) in [5.41, 5.74) is 5.09. The van der Waals surface area contributed by atoms with Crippen LogP contribution in [0, 0.1) is 23.2 Å². The van der Waals surface area contributed by atoms with Gasteiger partial charge in [0.1, 0.15) is 5.76 Å². The lowest BCUT2D eigenvalue weighted by atomic mass is 10.1. The standard InChI is InChI=1S/C15H13F3N2O/c16-15(17,18)13-7-5-11(6-8-13)3-1-2-4-14(21)12(9-19)10-20/h5-8,21H,2,4,9,19H2/b14-12-. The number of allylic oxidation sites excluding steroid dienone is 1. The maximum atomic E-state index is 12.4. The minimum atomic E-state index is -4.36. The van der Waals surface area contributed by atoms with Crippen LogP contribution in [-0.2, 0) is 6.18 Å². The lowest BCUT2D eigenvalue weighted by Crippen LogP contribution is -2.04. The molecule has 0 saturated carbocycles. The van der Waals surface area contributed by atoms with Crippen molar-refractivity contribution in [2.75, 3.05) is 6.54 Å². The monoisotopic (exact) mass is 294 g/mol. The number of aliphatic hydroxyl groups excluding tert-OH is 1. The van der Waals surface area contributed by atoms with E-state index in [4.69, 9.17) is 11.0 Å². The first-order chi connectivity index (χ1) is 9.88. The first kappa shape index (κ1) is 16.6. The molecule has 0 radical (unpaired) electrons. The zero-order chi connectivity index (χ0) is 15.9. The molecule has 0 unspecified atom stereocenters. The van der Waals surface area contributed by atoms with Crippen LogP contribution in [0.25, 0.3) is 0 Å². The third kappa shape index (κ3) is 5.21. The second kappa shape index (κ2) is 7.37. The Morgan fingerprint density at radius 2 is 1.86 bits per heavy atom. The van der Waals surface area contributed by atoms with Crippen molar-refractivity contribution in [2.24, 2.45) is 5.73 Å². The van der Waals surface area contributed by atoms with E-state index in [0.717, 1.165) is 12.1 Å². The maximum absolute atomic E-state index is 12.4. The van der Waals surface area contributed by atoms with Crippen LogP contribution in [0.4, 0.5) is 13.2 Å². The lowest BCUT2D eigenvalue weighted by Gasteiger charge is -2.05. The molecule has 1 rings (SSSR count). The van der Waals surface area contributed by atoms with Crippen molar-refractivity contribution >= 4 is 0 Å². The molecule has 110 valence electrons. The van der Waals surface area contributed by atoms with E-state index in [1.807, 2.05) is 0 Å². The summed E-state index contributed by atoms with van der Waals surface area (Å²) < 4.78 is 37.1. The van der Waals surface area contributed by atoms with Gasteiger partial charge in [0.2, 0.25) is 0 Å². The van der Waals surface area contributed by atoms with Gasteiger partial charge in [-0.15, -0.1) is 0 Å². The Labute approximate surface area is 120 Å². The van der Waals surface area contributed by atoms with Gasteiger partial charge >= 0.3 is 6.18 Å². The topological polar surface area (TPSA) is 70.0 Å². The molecule has 21 heavy (non-hydrogen) atoms. The fraction of sp³-hybridized carbons (Fsp3) is 0.267. The number of benzene rings is 1. The van der Waals surface area contributed by atoms with E-state index >= 15 is 0 Å². The highest BCUT2D eigenvalue weighted by molar-refractivity contribution is 5.37. The summed E-state index contributed by atoms with van der Waals surface area (Å²) in [6.45, 7) is -0.0470. The van der Waals surface area contributed by atoms with E-state index < -0.39 is 11.7 Å². The number of aliphatic hydroxyl groups is 1. The Bertz CT molecular complexity index is 614. The number of nitriles is 1. The van der Waals surface area contributed by atoms with Crippen molar-refractivity contribution in [1.29, 1.82) is 5.26 Å². The summed E-state index contributed by atoms with van der Waals surface area (Å²) in [4.78, 5) is 0. The smallest absolute Gasteiger partial charge is 0.416 e. The molecule has 0 aliphatic carbocycles. The lowest BCUT2D eigenvalue weighted by molar-refractivity contribution is -0.137. The van der Waals surface area contributed by atoms with Gasteiger partial charge in [0, 0.05) is 24.9 Å². The second-order valence-corrected chi connectivity index (χ2v) is 4.12. The number of rotatable bonds is 3. The summed E-state index contributed by atoms with van der Waals surface area (Å²) in [7, 11) is 0. The predicted octanol–water partition coefficient (Wildman–Crippen LogP) is 3.13. The molecule has 0 bridgehead atoms. The van der Waals surface area contributed by atoms with Crippen LogP contribution in [0.3, 0.4) is 0 Å². The molecular weight excluding hydrogens is 281 g/mol. The van der Waals surface area contributed by atoms with Gasteiger partial charge in [-0.25, -0.2) is 0 Å². The first-order valence-corrected chi connectivity index (χ1v) is 6.05. The molecule has 0 aliphatic rings. The fourth-order valence-corrected chi connectivity index (χ4v) is 1.47. The highest BCUT2D eigenvalue weighted by Gasteiger charge is 2.29. The molecule has 0 fully saturated rings. The van der Waals surface area contributed by atoms with Gasteiger partial charge in [-0.1, -0.05) is 11.8 Å². The number of hydrogen-bond acceptors (Lipinski definition) is 3. The number of nitrogens with zero attached hydrogens (tertiary/aromatic N) is 1. The molecular formula is C15H13F3N2O. The van der Waals surface area contributed by atoms with Crippen LogP contribution in [0.2, 0.25) is 0 Å². The van der Waals surface area contributed by atoms with Crippen LogP contribution in [0.15, 0.2) is 35.6 Å². The Morgan fingerprint density at radius 3 is 2.33 bits per heavy atom. The third-order valence-electron chi connectivity index (χ3n) is 2.62. The Balaban J connectivity index is 2.65. The van der Waals surface area contributed by atoms with E-state index in [9.17, 15) is 18.3 Å². The Hall–Kier alpha value is -2.44. The molecule has 3 nitrogen and oxygen atoms in total. The number of hydrogen-bond donors (Lipinski definition) is 2. The molecule has 0 atom stereocenters. The SMILES string of the molecule is N#C/C(CN)=C(\O)CCC#Cc1ccc(C(F)(F)F)cc1. The van der Waals surface area contributed by atoms with Gasteiger partial charge < -0.3 is 10.8 Å². The molecule has 6 heteroatoms. The van der Waals surface area contributed by atoms with Crippen molar-refractivity contribution in [1.82, 2.24) is 0 Å². The van der Waals surface area contributed by atoms with Gasteiger partial charge in [0.15, 0.2) is 0 Å². The Morgan fingerprint density at radius 1 is 1.24 bits per heavy atom. The maximum Gasteiger partial charge on any atom is 0.416 e. The molecule has 0 spiro atoms. The van der Waals surface area contributed by atoms with E-state index in [1.165, 1.54) is 12.1 Å². The van der Waals surface area contributed by atoms with Crippen molar-refractivity contribution in [3.05, 3.63) is 46.7 Å². The zero-order valence-corrected chi connectivity index (χ0v) is 11.0. The summed E-state index contributed by atoms with van der Waals surface area (Å²) >= 11 is 0. The molecule has 0 amide bonds. The summed E-state index contributed by atoms with van der Waals surface area (Å²) in [6, 6.07) is 6.27. The average Bonchev–Trinajstić information content (AvgIpc) is 2.44. The van der Waals surface area contributed by atoms with Crippen molar-refractivity contribution < 1.29 is 18.3 Å². The Kier molecular flexibility index (Phi) is 5.83. The first-order valence-electron chi connectivity index (χ1n) is 6.05. The highest BCUT2D eigenvalue weighted by atomic mass is 19.4. The van der Waals surface area contributed by atoms with Crippen LogP contribution < -0.4 is 5.73 Å². The van der Waals surface area contributed by atoms with Crippen LogP contribution in [-0.4, -0.2) is 11.7 Å². The molecule has 1 aromatic carbocycles. The van der Waals surface area contributed by atoms with Gasteiger partial charge in [-0.3, -0.25) is 0 Å². The zero-order valence-electron chi connectivity index (χ0n) is 11.0. The second-order valence-electron chi connectivity index (χ2n) is 4.12. The molecule has 0 aromatic heterocycles. The largest absolute Gasteiger partial charge is 0.511 e. The number of nitrogens with two attached hydrogens (primary N) is 1. The predicted molar refractivity (Wildman–Crippen MR) is 71.9 cm³/mol. The molecule has 0 aliphatic heterocycles. The van der Waals surface area contributed by atoms with Gasteiger partial charge in [0.05, 0.1) is 17.2 Å². The van der Waals surface area contributed by atoms with E-state index in [0.29, 0.717) is 5.56 Å². The summed E-state index contributed by atoms with van der Waals surface area (Å²) in [5, 5.41) is 18.2. The third-order valence-corrected chi connectivity index (χ3v) is 2.62. The molecule has 1 aromatic rings. The van der Waals surface area contributed by atoms with Crippen LogP contribution >= 0.6 is 0 Å². The quantitative estimate of drug-likeness (QED) is 0.511. The van der Waals surface area contributed by atoms with Gasteiger partial charge in [-0.05, 0) is 24.3 Å². The molecule has 0 saturated heterocycles. The summed E-state index contributed by atoms with van der Waals surface area (Å²) in [5.74, 6) is 5.30. The number of alkyl halides is 3. The van der Waals surface area contributed by atoms with Crippen molar-refractivity contribution in [3.63, 3.8) is 0 Å². The summed E-state index contributed by atoms with van der Waals surface area (Å²) in [6.07, 6.45) is -3.91.